The Morgan fingerprint density at radius 3 is 2.48 bits per heavy atom. The molecular formula is C22H28ClN3O4S. The average Bonchev–Trinajstić information content (AvgIpc) is 2.77. The molecule has 0 fully saturated rings. The number of ether oxygens (including phenoxy) is 2. The van der Waals surface area contributed by atoms with E-state index in [-0.39, 0.29) is 17.3 Å². The molecule has 0 spiro atoms. The molecule has 9 heteroatoms. The Morgan fingerprint density at radius 1 is 1.10 bits per heavy atom. The highest BCUT2D eigenvalue weighted by atomic mass is 35.5. The van der Waals surface area contributed by atoms with Crippen molar-refractivity contribution in [1.29, 1.82) is 5.26 Å². The second-order valence-electron chi connectivity index (χ2n) is 7.25. The summed E-state index contributed by atoms with van der Waals surface area (Å²) in [5.41, 5.74) is 2.87. The van der Waals surface area contributed by atoms with Gasteiger partial charge in [-0.1, -0.05) is 6.07 Å². The van der Waals surface area contributed by atoms with Crippen molar-refractivity contribution < 1.29 is 17.9 Å². The maximum Gasteiger partial charge on any atom is 0.240 e. The third-order valence-corrected chi connectivity index (χ3v) is 6.72. The minimum atomic E-state index is -3.59. The largest absolute Gasteiger partial charge is 0.493 e. The lowest BCUT2D eigenvalue weighted by molar-refractivity contribution is 0.248. The Balaban J connectivity index is 0.00000341. The Kier molecular flexibility index (Phi) is 9.14. The van der Waals surface area contributed by atoms with Crippen LogP contribution in [0.3, 0.4) is 0 Å². The van der Waals surface area contributed by atoms with Crippen LogP contribution in [0, 0.1) is 11.3 Å². The van der Waals surface area contributed by atoms with Gasteiger partial charge in [0.15, 0.2) is 11.5 Å². The normalized spacial score (nSPS) is 13.6. The molecule has 0 unspecified atom stereocenters. The zero-order chi connectivity index (χ0) is 21.6. The fourth-order valence-electron chi connectivity index (χ4n) is 3.62. The molecule has 0 aliphatic carbocycles. The van der Waals surface area contributed by atoms with Gasteiger partial charge in [-0.05, 0) is 67.3 Å². The van der Waals surface area contributed by atoms with E-state index in [0.717, 1.165) is 50.4 Å². The molecule has 31 heavy (non-hydrogen) atoms. The Hall–Kier alpha value is -2.31. The third kappa shape index (κ3) is 6.34. The maximum absolute atomic E-state index is 12.4. The summed E-state index contributed by atoms with van der Waals surface area (Å²) in [4.78, 5) is 2.50. The van der Waals surface area contributed by atoms with Gasteiger partial charge in [-0.3, -0.25) is 4.90 Å². The van der Waals surface area contributed by atoms with Crippen molar-refractivity contribution in [3.8, 4) is 17.6 Å². The van der Waals surface area contributed by atoms with Crippen molar-refractivity contribution in [3.05, 3.63) is 53.1 Å². The van der Waals surface area contributed by atoms with Crippen molar-refractivity contribution in [2.75, 3.05) is 33.9 Å². The molecule has 1 heterocycles. The van der Waals surface area contributed by atoms with Gasteiger partial charge in [0, 0.05) is 19.6 Å². The molecular weight excluding hydrogens is 438 g/mol. The van der Waals surface area contributed by atoms with Crippen LogP contribution in [0.15, 0.2) is 41.3 Å². The fourth-order valence-corrected chi connectivity index (χ4v) is 4.74. The zero-order valence-electron chi connectivity index (χ0n) is 17.8. The lowest BCUT2D eigenvalue weighted by Gasteiger charge is -2.29. The van der Waals surface area contributed by atoms with Crippen LogP contribution in [-0.2, 0) is 23.0 Å². The predicted octanol–water partition coefficient (Wildman–Crippen LogP) is 3.11. The van der Waals surface area contributed by atoms with E-state index in [1.807, 2.05) is 12.1 Å². The highest BCUT2D eigenvalue weighted by molar-refractivity contribution is 7.89. The Morgan fingerprint density at radius 2 is 1.81 bits per heavy atom. The maximum atomic E-state index is 12.4. The summed E-state index contributed by atoms with van der Waals surface area (Å²) in [5.74, 6) is 1.50. The lowest BCUT2D eigenvalue weighted by atomic mass is 9.98. The van der Waals surface area contributed by atoms with Crippen molar-refractivity contribution >= 4 is 22.4 Å². The molecule has 7 nitrogen and oxygen atoms in total. The number of methoxy groups -OCH3 is 2. The number of fused-ring (bicyclic) bond motifs is 1. The molecule has 168 valence electrons. The SMILES string of the molecule is COc1cc2c(cc1OC)CN(CCCCNS(=O)(=O)c1cccc(C#N)c1)CC2.Cl. The van der Waals surface area contributed by atoms with E-state index in [9.17, 15) is 8.42 Å². The molecule has 2 aromatic carbocycles. The number of benzene rings is 2. The number of nitriles is 1. The van der Waals surface area contributed by atoms with E-state index in [0.29, 0.717) is 12.1 Å². The lowest BCUT2D eigenvalue weighted by Crippen LogP contribution is -2.32. The van der Waals surface area contributed by atoms with Gasteiger partial charge in [-0.25, -0.2) is 13.1 Å². The number of nitrogens with one attached hydrogen (secondary N) is 1. The summed E-state index contributed by atoms with van der Waals surface area (Å²) in [7, 11) is -0.305. The van der Waals surface area contributed by atoms with Crippen molar-refractivity contribution in [2.45, 2.75) is 30.7 Å². The van der Waals surface area contributed by atoms with Gasteiger partial charge in [-0.15, -0.1) is 12.4 Å². The Labute approximate surface area is 190 Å². The summed E-state index contributed by atoms with van der Waals surface area (Å²) in [6, 6.07) is 12.1. The molecule has 0 bridgehead atoms. The number of halogens is 1. The topological polar surface area (TPSA) is 91.7 Å². The monoisotopic (exact) mass is 465 g/mol. The highest BCUT2D eigenvalue weighted by Gasteiger charge is 2.19. The van der Waals surface area contributed by atoms with Crippen molar-refractivity contribution in [1.82, 2.24) is 9.62 Å². The second kappa shape index (κ2) is 11.3. The first-order valence-electron chi connectivity index (χ1n) is 9.93. The van der Waals surface area contributed by atoms with Crippen molar-refractivity contribution in [2.24, 2.45) is 0 Å². The fraction of sp³-hybridized carbons (Fsp3) is 0.409. The quantitative estimate of drug-likeness (QED) is 0.572. The molecule has 3 rings (SSSR count). The number of sulfonamides is 1. The van der Waals surface area contributed by atoms with E-state index < -0.39 is 10.0 Å². The smallest absolute Gasteiger partial charge is 0.240 e. The van der Waals surface area contributed by atoms with Gasteiger partial charge < -0.3 is 9.47 Å². The third-order valence-electron chi connectivity index (χ3n) is 5.26. The van der Waals surface area contributed by atoms with Crippen molar-refractivity contribution in [3.63, 3.8) is 0 Å². The Bertz CT molecular complexity index is 1040. The molecule has 2 aromatic rings. The van der Waals surface area contributed by atoms with Crippen LogP contribution in [0.2, 0.25) is 0 Å². The zero-order valence-corrected chi connectivity index (χ0v) is 19.4. The highest BCUT2D eigenvalue weighted by Crippen LogP contribution is 2.33. The molecule has 0 aromatic heterocycles. The van der Waals surface area contributed by atoms with Gasteiger partial charge in [0.05, 0.1) is 30.7 Å². The summed E-state index contributed by atoms with van der Waals surface area (Å²) in [6.45, 7) is 3.09. The molecule has 0 saturated carbocycles. The molecule has 1 aliphatic rings. The molecule has 1 aliphatic heterocycles. The van der Waals surface area contributed by atoms with Gasteiger partial charge in [0.25, 0.3) is 0 Å². The van der Waals surface area contributed by atoms with Crippen LogP contribution in [0.4, 0.5) is 0 Å². The summed E-state index contributed by atoms with van der Waals surface area (Å²) in [5, 5.41) is 8.93. The van der Waals surface area contributed by atoms with Gasteiger partial charge in [0.2, 0.25) is 10.0 Å². The first kappa shape index (κ1) is 25.0. The van der Waals surface area contributed by atoms with E-state index in [4.69, 9.17) is 14.7 Å². The average molecular weight is 466 g/mol. The van der Waals surface area contributed by atoms with Crippen LogP contribution >= 0.6 is 12.4 Å². The number of unbranched alkanes of at least 4 members (excludes halogenated alkanes) is 1. The first-order valence-corrected chi connectivity index (χ1v) is 11.4. The van der Waals surface area contributed by atoms with E-state index in [1.54, 1.807) is 26.4 Å². The van der Waals surface area contributed by atoms with E-state index >= 15 is 0 Å². The van der Waals surface area contributed by atoms with Crippen LogP contribution < -0.4 is 14.2 Å². The minimum Gasteiger partial charge on any atom is -0.493 e. The molecule has 0 amide bonds. The number of rotatable bonds is 9. The number of hydrogen-bond donors (Lipinski definition) is 1. The molecule has 0 saturated heterocycles. The molecule has 0 radical (unpaired) electrons. The van der Waals surface area contributed by atoms with Crippen LogP contribution in [0.25, 0.3) is 0 Å². The second-order valence-corrected chi connectivity index (χ2v) is 9.01. The standard InChI is InChI=1S/C22H27N3O4S.ClH/c1-28-21-13-18-8-11-25(16-19(18)14-22(21)29-2)10-4-3-9-24-30(26,27)20-7-5-6-17(12-20)15-23;/h5-7,12-14,24H,3-4,8-11,16H2,1-2H3;1H. The number of nitrogens with zero attached hydrogens (tertiary/aromatic N) is 2. The van der Waals surface area contributed by atoms with Crippen LogP contribution in [-0.4, -0.2) is 47.2 Å². The van der Waals surface area contributed by atoms with Crippen LogP contribution in [0.1, 0.15) is 29.5 Å². The number of hydrogen-bond acceptors (Lipinski definition) is 6. The van der Waals surface area contributed by atoms with E-state index in [2.05, 4.69) is 15.7 Å². The summed E-state index contributed by atoms with van der Waals surface area (Å²) in [6.07, 6.45) is 2.59. The molecule has 0 atom stereocenters. The molecule has 1 N–H and O–H groups in total. The van der Waals surface area contributed by atoms with Gasteiger partial charge in [0.1, 0.15) is 0 Å². The van der Waals surface area contributed by atoms with Gasteiger partial charge >= 0.3 is 0 Å². The predicted molar refractivity (Wildman–Crippen MR) is 121 cm³/mol. The minimum absolute atomic E-state index is 0. The first-order chi connectivity index (χ1) is 14.5. The van der Waals surface area contributed by atoms with Gasteiger partial charge in [-0.2, -0.15) is 5.26 Å². The summed E-state index contributed by atoms with van der Waals surface area (Å²) >= 11 is 0. The van der Waals surface area contributed by atoms with E-state index in [1.165, 1.54) is 23.3 Å². The summed E-state index contributed by atoms with van der Waals surface area (Å²) < 4.78 is 38.1. The van der Waals surface area contributed by atoms with Crippen LogP contribution in [0.5, 0.6) is 11.5 Å².